The highest BCUT2D eigenvalue weighted by atomic mass is 16.6. The number of aliphatic hydroxyl groups is 1. The van der Waals surface area contributed by atoms with E-state index >= 15 is 0 Å². The summed E-state index contributed by atoms with van der Waals surface area (Å²) in [6.07, 6.45) is 4.19. The minimum Gasteiger partial charge on any atom is -0.393 e. The smallest absolute Gasteiger partial charge is 0.393 e. The van der Waals surface area contributed by atoms with Crippen LogP contribution >= 0.6 is 0 Å². The lowest BCUT2D eigenvalue weighted by molar-refractivity contribution is -0.389. The van der Waals surface area contributed by atoms with Gasteiger partial charge in [-0.3, -0.25) is 0 Å². The fourth-order valence-electron chi connectivity index (χ4n) is 1.91. The maximum atomic E-state index is 10.4. The Morgan fingerprint density at radius 2 is 2.40 bits per heavy atom. The summed E-state index contributed by atoms with van der Waals surface area (Å²) >= 11 is 0. The second-order valence-electron chi connectivity index (χ2n) is 3.79. The third kappa shape index (κ3) is 2.12. The number of hydrogen-bond donors (Lipinski definition) is 1. The topological polar surface area (TPSA) is 94.1 Å². The van der Waals surface area contributed by atoms with Crippen molar-refractivity contribution < 1.29 is 10.0 Å². The Labute approximate surface area is 85.9 Å². The number of nitrogens with zero attached hydrogens (tertiary/aromatic N) is 4. The summed E-state index contributed by atoms with van der Waals surface area (Å²) in [6.45, 7) is 0. The molecule has 1 aliphatic rings. The van der Waals surface area contributed by atoms with Crippen LogP contribution in [-0.2, 0) is 0 Å². The van der Waals surface area contributed by atoms with E-state index in [-0.39, 0.29) is 18.0 Å². The summed E-state index contributed by atoms with van der Waals surface area (Å²) in [4.78, 5) is 9.84. The van der Waals surface area contributed by atoms with Gasteiger partial charge in [-0.1, -0.05) is 0 Å². The zero-order chi connectivity index (χ0) is 10.8. The lowest BCUT2D eigenvalue weighted by Gasteiger charge is -2.24. The number of aromatic nitrogens is 3. The van der Waals surface area contributed by atoms with E-state index in [0.717, 1.165) is 19.3 Å². The Bertz CT molecular complexity index is 365. The van der Waals surface area contributed by atoms with Gasteiger partial charge in [-0.05, 0) is 30.6 Å². The summed E-state index contributed by atoms with van der Waals surface area (Å²) in [5, 5.41) is 27.0. The molecule has 1 aromatic rings. The third-order valence-corrected chi connectivity index (χ3v) is 2.68. The summed E-state index contributed by atoms with van der Waals surface area (Å²) in [5.74, 6) is -0.241. The fraction of sp³-hybridized carbons (Fsp3) is 0.750. The van der Waals surface area contributed by atoms with Gasteiger partial charge in [0.05, 0.1) is 17.4 Å². The van der Waals surface area contributed by atoms with Gasteiger partial charge in [0, 0.05) is 0 Å². The van der Waals surface area contributed by atoms with Crippen molar-refractivity contribution in [1.29, 1.82) is 0 Å². The second-order valence-corrected chi connectivity index (χ2v) is 3.79. The predicted octanol–water partition coefficient (Wildman–Crippen LogP) is 0.662. The molecule has 0 aromatic carbocycles. The van der Waals surface area contributed by atoms with E-state index < -0.39 is 4.92 Å². The molecule has 1 saturated carbocycles. The molecule has 0 spiro atoms. The van der Waals surface area contributed by atoms with Crippen LogP contribution in [0.2, 0.25) is 0 Å². The van der Waals surface area contributed by atoms with Crippen molar-refractivity contribution in [3.8, 4) is 0 Å². The summed E-state index contributed by atoms with van der Waals surface area (Å²) in [7, 11) is 0. The number of hydrogen-bond acceptors (Lipinski definition) is 5. The maximum Gasteiger partial charge on any atom is 0.410 e. The molecule has 1 heterocycles. The standard InChI is InChI=1S/C8H12N4O3/c13-7-3-1-2-6(4-7)11-5-8(9-10-11)12(14)15/h5-7,13H,1-4H2. The van der Waals surface area contributed by atoms with Crippen LogP contribution in [0.25, 0.3) is 0 Å². The zero-order valence-electron chi connectivity index (χ0n) is 8.11. The maximum absolute atomic E-state index is 10.4. The van der Waals surface area contributed by atoms with Gasteiger partial charge in [0.2, 0.25) is 0 Å². The predicted molar refractivity (Wildman–Crippen MR) is 50.2 cm³/mol. The lowest BCUT2D eigenvalue weighted by atomic mass is 9.93. The molecular weight excluding hydrogens is 200 g/mol. The van der Waals surface area contributed by atoms with E-state index in [1.807, 2.05) is 0 Å². The SMILES string of the molecule is O=[N+]([O-])c1cn(C2CCCC(O)C2)nn1. The normalized spacial score (nSPS) is 26.5. The average molecular weight is 212 g/mol. The molecule has 1 N–H and O–H groups in total. The van der Waals surface area contributed by atoms with Crippen molar-refractivity contribution in [1.82, 2.24) is 15.0 Å². The first kappa shape index (κ1) is 10.0. The summed E-state index contributed by atoms with van der Waals surface area (Å²) in [6, 6.07) is 0.0370. The Morgan fingerprint density at radius 3 is 3.00 bits per heavy atom. The highest BCUT2D eigenvalue weighted by Crippen LogP contribution is 2.28. The minimum atomic E-state index is -0.567. The van der Waals surface area contributed by atoms with Crippen LogP contribution in [0.15, 0.2) is 6.20 Å². The molecule has 0 bridgehead atoms. The largest absolute Gasteiger partial charge is 0.410 e. The molecule has 0 radical (unpaired) electrons. The van der Waals surface area contributed by atoms with E-state index in [2.05, 4.69) is 10.3 Å². The Morgan fingerprint density at radius 1 is 1.60 bits per heavy atom. The Hall–Kier alpha value is -1.50. The van der Waals surface area contributed by atoms with Gasteiger partial charge in [0.15, 0.2) is 0 Å². The Balaban J connectivity index is 2.11. The van der Waals surface area contributed by atoms with Crippen molar-refractivity contribution >= 4 is 5.82 Å². The second kappa shape index (κ2) is 3.93. The molecule has 1 aliphatic carbocycles. The van der Waals surface area contributed by atoms with Gasteiger partial charge in [-0.25, -0.2) is 4.68 Å². The average Bonchev–Trinajstić information content (AvgIpc) is 2.66. The first-order chi connectivity index (χ1) is 7.16. The molecule has 82 valence electrons. The number of aliphatic hydroxyl groups excluding tert-OH is 1. The van der Waals surface area contributed by atoms with Gasteiger partial charge in [-0.2, -0.15) is 0 Å². The van der Waals surface area contributed by atoms with Crippen LogP contribution in [0, 0.1) is 10.1 Å². The van der Waals surface area contributed by atoms with Crippen LogP contribution < -0.4 is 0 Å². The fourth-order valence-corrected chi connectivity index (χ4v) is 1.91. The van der Waals surface area contributed by atoms with Crippen molar-refractivity contribution in [3.05, 3.63) is 16.3 Å². The molecule has 0 amide bonds. The first-order valence-corrected chi connectivity index (χ1v) is 4.91. The molecule has 1 fully saturated rings. The van der Waals surface area contributed by atoms with E-state index in [1.165, 1.54) is 10.9 Å². The Kier molecular flexibility index (Phi) is 2.63. The van der Waals surface area contributed by atoms with E-state index in [1.54, 1.807) is 0 Å². The van der Waals surface area contributed by atoms with Crippen molar-refractivity contribution in [2.24, 2.45) is 0 Å². The van der Waals surface area contributed by atoms with Crippen LogP contribution in [0.1, 0.15) is 31.7 Å². The van der Waals surface area contributed by atoms with Gasteiger partial charge < -0.3 is 15.2 Å². The molecule has 2 rings (SSSR count). The van der Waals surface area contributed by atoms with Crippen molar-refractivity contribution in [2.75, 3.05) is 0 Å². The molecular formula is C8H12N4O3. The molecule has 1 aromatic heterocycles. The molecule has 15 heavy (non-hydrogen) atoms. The molecule has 7 nitrogen and oxygen atoms in total. The van der Waals surface area contributed by atoms with Crippen LogP contribution in [0.3, 0.4) is 0 Å². The number of nitro groups is 1. The molecule has 2 atom stereocenters. The molecule has 0 aliphatic heterocycles. The first-order valence-electron chi connectivity index (χ1n) is 4.91. The van der Waals surface area contributed by atoms with E-state index in [9.17, 15) is 15.2 Å². The monoisotopic (exact) mass is 212 g/mol. The van der Waals surface area contributed by atoms with Gasteiger partial charge in [0.1, 0.15) is 11.3 Å². The van der Waals surface area contributed by atoms with Gasteiger partial charge in [0.25, 0.3) is 0 Å². The van der Waals surface area contributed by atoms with Gasteiger partial charge in [-0.15, -0.1) is 0 Å². The number of rotatable bonds is 2. The highest BCUT2D eigenvalue weighted by molar-refractivity contribution is 5.09. The van der Waals surface area contributed by atoms with Crippen molar-refractivity contribution in [3.63, 3.8) is 0 Å². The molecule has 2 unspecified atom stereocenters. The summed E-state index contributed by atoms with van der Waals surface area (Å²) < 4.78 is 1.49. The third-order valence-electron chi connectivity index (χ3n) is 2.68. The van der Waals surface area contributed by atoms with Crippen LogP contribution in [0.4, 0.5) is 5.82 Å². The quantitative estimate of drug-likeness (QED) is 0.574. The lowest BCUT2D eigenvalue weighted by Crippen LogP contribution is -2.22. The highest BCUT2D eigenvalue weighted by Gasteiger charge is 2.25. The summed E-state index contributed by atoms with van der Waals surface area (Å²) in [5.41, 5.74) is 0. The zero-order valence-corrected chi connectivity index (χ0v) is 8.11. The molecule has 7 heteroatoms. The van der Waals surface area contributed by atoms with Gasteiger partial charge >= 0.3 is 5.82 Å². The van der Waals surface area contributed by atoms with Crippen LogP contribution in [0.5, 0.6) is 0 Å². The van der Waals surface area contributed by atoms with E-state index in [0.29, 0.717) is 6.42 Å². The minimum absolute atomic E-state index is 0.0370. The molecule has 0 saturated heterocycles. The van der Waals surface area contributed by atoms with E-state index in [4.69, 9.17) is 0 Å². The van der Waals surface area contributed by atoms with Crippen LogP contribution in [-0.4, -0.2) is 31.1 Å². The van der Waals surface area contributed by atoms with Crippen molar-refractivity contribution in [2.45, 2.75) is 37.8 Å².